The van der Waals surface area contributed by atoms with Crippen molar-refractivity contribution in [2.75, 3.05) is 0 Å². The molecule has 1 aliphatic rings. The number of alkyl halides is 3. The Kier molecular flexibility index (Phi) is 5.74. The minimum Gasteiger partial charge on any atom is -0.120 e. The SMILES string of the molecule is CC(C)(Cl)CCCC(C)(Cl)C1CCC(C)(Cl)CC1. The highest BCUT2D eigenvalue weighted by Crippen LogP contribution is 2.45. The van der Waals surface area contributed by atoms with Crippen molar-refractivity contribution in [1.29, 1.82) is 0 Å². The molecule has 0 aromatic carbocycles. The first kappa shape index (κ1) is 16.9. The summed E-state index contributed by atoms with van der Waals surface area (Å²) in [6, 6.07) is 0. The summed E-state index contributed by atoms with van der Waals surface area (Å²) in [6.45, 7) is 8.48. The third-order valence-electron chi connectivity index (χ3n) is 4.32. The van der Waals surface area contributed by atoms with Crippen LogP contribution in [0.3, 0.4) is 0 Å². The molecule has 1 saturated carbocycles. The lowest BCUT2D eigenvalue weighted by atomic mass is 9.74. The molecule has 18 heavy (non-hydrogen) atoms. The maximum absolute atomic E-state index is 6.75. The second-order valence-corrected chi connectivity index (χ2v) is 9.84. The lowest BCUT2D eigenvalue weighted by Gasteiger charge is -2.40. The molecule has 0 nitrogen and oxygen atoms in total. The topological polar surface area (TPSA) is 0 Å². The Morgan fingerprint density at radius 2 is 1.56 bits per heavy atom. The smallest absolute Gasteiger partial charge is 0.0446 e. The number of hydrogen-bond donors (Lipinski definition) is 0. The van der Waals surface area contributed by atoms with Gasteiger partial charge in [0.1, 0.15) is 0 Å². The molecule has 1 fully saturated rings. The zero-order valence-corrected chi connectivity index (χ0v) is 14.4. The number of halogens is 3. The highest BCUT2D eigenvalue weighted by Gasteiger charge is 2.38. The predicted molar refractivity (Wildman–Crippen MR) is 84.3 cm³/mol. The van der Waals surface area contributed by atoms with Crippen LogP contribution in [0.25, 0.3) is 0 Å². The first-order valence-corrected chi connectivity index (χ1v) is 8.22. The minimum absolute atomic E-state index is 0.00159. The molecule has 1 aliphatic carbocycles. The standard InChI is InChI=1S/C15H27Cl3/c1-13(2,16)8-5-9-15(4,18)12-6-10-14(3,17)11-7-12/h12H,5-11H2,1-4H3. The second kappa shape index (κ2) is 6.10. The van der Waals surface area contributed by atoms with Crippen molar-refractivity contribution >= 4 is 34.8 Å². The summed E-state index contributed by atoms with van der Waals surface area (Å²) in [7, 11) is 0. The van der Waals surface area contributed by atoms with Gasteiger partial charge < -0.3 is 0 Å². The molecule has 0 heterocycles. The van der Waals surface area contributed by atoms with Gasteiger partial charge in [0.15, 0.2) is 0 Å². The van der Waals surface area contributed by atoms with Crippen molar-refractivity contribution in [3.8, 4) is 0 Å². The molecule has 0 bridgehead atoms. The molecule has 0 amide bonds. The van der Waals surface area contributed by atoms with Gasteiger partial charge in [-0.3, -0.25) is 0 Å². The van der Waals surface area contributed by atoms with Gasteiger partial charge in [-0.25, -0.2) is 0 Å². The molecule has 0 saturated heterocycles. The Hall–Kier alpha value is 0.870. The fourth-order valence-corrected chi connectivity index (χ4v) is 3.58. The first-order chi connectivity index (χ1) is 8.02. The van der Waals surface area contributed by atoms with Crippen LogP contribution in [0.1, 0.15) is 72.6 Å². The largest absolute Gasteiger partial charge is 0.120 e. The molecular formula is C15H27Cl3. The molecule has 0 radical (unpaired) electrons. The highest BCUT2D eigenvalue weighted by atomic mass is 35.5. The van der Waals surface area contributed by atoms with Crippen LogP contribution in [-0.4, -0.2) is 14.6 Å². The third-order valence-corrected chi connectivity index (χ3v) is 5.38. The summed E-state index contributed by atoms with van der Waals surface area (Å²) in [5.74, 6) is 0.601. The van der Waals surface area contributed by atoms with Crippen molar-refractivity contribution in [3.63, 3.8) is 0 Å². The van der Waals surface area contributed by atoms with Crippen molar-refractivity contribution in [1.82, 2.24) is 0 Å². The van der Waals surface area contributed by atoms with Gasteiger partial charge in [0.25, 0.3) is 0 Å². The van der Waals surface area contributed by atoms with Gasteiger partial charge >= 0.3 is 0 Å². The Balaban J connectivity index is 2.40. The molecule has 0 aromatic rings. The lowest BCUT2D eigenvalue weighted by molar-refractivity contribution is 0.241. The summed E-state index contributed by atoms with van der Waals surface area (Å²) in [6.07, 6.45) is 7.66. The molecule has 1 unspecified atom stereocenters. The Morgan fingerprint density at radius 3 is 2.00 bits per heavy atom. The molecule has 0 aromatic heterocycles. The van der Waals surface area contributed by atoms with Crippen LogP contribution in [0.4, 0.5) is 0 Å². The van der Waals surface area contributed by atoms with Crippen LogP contribution < -0.4 is 0 Å². The van der Waals surface area contributed by atoms with Gasteiger partial charge in [0.2, 0.25) is 0 Å². The lowest BCUT2D eigenvalue weighted by Crippen LogP contribution is -2.35. The Bertz CT molecular complexity index is 253. The molecule has 0 aliphatic heterocycles. The summed E-state index contributed by atoms with van der Waals surface area (Å²) in [5, 5.41) is 0. The highest BCUT2D eigenvalue weighted by molar-refractivity contribution is 6.24. The summed E-state index contributed by atoms with van der Waals surface area (Å²) >= 11 is 19.4. The van der Waals surface area contributed by atoms with Crippen LogP contribution in [-0.2, 0) is 0 Å². The van der Waals surface area contributed by atoms with Crippen LogP contribution in [0.15, 0.2) is 0 Å². The van der Waals surface area contributed by atoms with Crippen molar-refractivity contribution < 1.29 is 0 Å². The minimum atomic E-state index is -0.103. The second-order valence-electron chi connectivity index (χ2n) is 7.04. The molecule has 0 N–H and O–H groups in total. The van der Waals surface area contributed by atoms with Crippen molar-refractivity contribution in [2.45, 2.75) is 87.3 Å². The third kappa shape index (κ3) is 5.88. The van der Waals surface area contributed by atoms with Crippen LogP contribution >= 0.6 is 34.8 Å². The van der Waals surface area contributed by atoms with Gasteiger partial charge in [-0.15, -0.1) is 34.8 Å². The monoisotopic (exact) mass is 312 g/mol. The van der Waals surface area contributed by atoms with Crippen LogP contribution in [0.5, 0.6) is 0 Å². The zero-order valence-electron chi connectivity index (χ0n) is 12.2. The van der Waals surface area contributed by atoms with E-state index in [9.17, 15) is 0 Å². The fourth-order valence-electron chi connectivity index (χ4n) is 2.88. The maximum Gasteiger partial charge on any atom is 0.0446 e. The summed E-state index contributed by atoms with van der Waals surface area (Å²) in [5.41, 5.74) is 0. The van der Waals surface area contributed by atoms with E-state index in [0.29, 0.717) is 5.92 Å². The molecule has 1 rings (SSSR count). The van der Waals surface area contributed by atoms with E-state index in [1.54, 1.807) is 0 Å². The van der Waals surface area contributed by atoms with E-state index in [1.165, 1.54) is 0 Å². The van der Waals surface area contributed by atoms with Gasteiger partial charge in [0.05, 0.1) is 0 Å². The fraction of sp³-hybridized carbons (Fsp3) is 1.00. The molecule has 1 atom stereocenters. The zero-order chi connectivity index (χ0) is 14.0. The van der Waals surface area contributed by atoms with E-state index >= 15 is 0 Å². The summed E-state index contributed by atoms with van der Waals surface area (Å²) in [4.78, 5) is -0.189. The normalized spacial score (nSPS) is 33.2. The molecule has 108 valence electrons. The van der Waals surface area contributed by atoms with E-state index in [0.717, 1.165) is 44.9 Å². The Morgan fingerprint density at radius 1 is 1.06 bits per heavy atom. The van der Waals surface area contributed by atoms with Crippen molar-refractivity contribution in [2.24, 2.45) is 5.92 Å². The van der Waals surface area contributed by atoms with Gasteiger partial charge in [0, 0.05) is 14.6 Å². The molecular weight excluding hydrogens is 287 g/mol. The average molecular weight is 314 g/mol. The Labute approximate surface area is 128 Å². The van der Waals surface area contributed by atoms with E-state index in [4.69, 9.17) is 34.8 Å². The average Bonchev–Trinajstić information content (AvgIpc) is 2.14. The maximum atomic E-state index is 6.75. The number of hydrogen-bond acceptors (Lipinski definition) is 0. The predicted octanol–water partition coefficient (Wildman–Crippen LogP) is 6.36. The van der Waals surface area contributed by atoms with Gasteiger partial charge in [-0.05, 0) is 78.6 Å². The van der Waals surface area contributed by atoms with Crippen LogP contribution in [0.2, 0.25) is 0 Å². The quantitative estimate of drug-likeness (QED) is 0.518. The van der Waals surface area contributed by atoms with Crippen molar-refractivity contribution in [3.05, 3.63) is 0 Å². The summed E-state index contributed by atoms with van der Waals surface area (Å²) < 4.78 is 0. The van der Waals surface area contributed by atoms with Gasteiger partial charge in [-0.2, -0.15) is 0 Å². The van der Waals surface area contributed by atoms with Gasteiger partial charge in [-0.1, -0.05) is 0 Å². The first-order valence-electron chi connectivity index (χ1n) is 7.09. The molecule has 3 heteroatoms. The van der Waals surface area contributed by atoms with E-state index in [-0.39, 0.29) is 14.6 Å². The van der Waals surface area contributed by atoms with E-state index in [1.807, 2.05) is 0 Å². The number of rotatable bonds is 5. The van der Waals surface area contributed by atoms with E-state index in [2.05, 4.69) is 27.7 Å². The van der Waals surface area contributed by atoms with Crippen LogP contribution in [0, 0.1) is 5.92 Å². The van der Waals surface area contributed by atoms with E-state index < -0.39 is 0 Å². The molecule has 0 spiro atoms.